The minimum absolute atomic E-state index is 0.161. The number of carboxylic acids is 1. The van der Waals surface area contributed by atoms with Crippen molar-refractivity contribution in [3.8, 4) is 0 Å². The smallest absolute Gasteiger partial charge is 0.416 e. The third-order valence-electron chi connectivity index (χ3n) is 2.02. The van der Waals surface area contributed by atoms with Crippen molar-refractivity contribution >= 4 is 12.0 Å². The number of hydrogen-bond donors (Lipinski definition) is 1. The van der Waals surface area contributed by atoms with Crippen molar-refractivity contribution in [1.29, 1.82) is 0 Å². The summed E-state index contributed by atoms with van der Waals surface area (Å²) in [5, 5.41) is 12.9. The van der Waals surface area contributed by atoms with Crippen LogP contribution in [0.1, 0.15) is 0 Å². The molecule has 0 aromatic heterocycles. The van der Waals surface area contributed by atoms with Gasteiger partial charge in [-0.25, -0.2) is 9.28 Å². The SMILES string of the molecule is C[N+]1(C)C(=O)NCC1C(=O)[O-]. The summed E-state index contributed by atoms with van der Waals surface area (Å²) < 4.78 is -0.178. The van der Waals surface area contributed by atoms with Gasteiger partial charge < -0.3 is 9.90 Å². The van der Waals surface area contributed by atoms with Crippen molar-refractivity contribution < 1.29 is 19.2 Å². The summed E-state index contributed by atoms with van der Waals surface area (Å²) in [4.78, 5) is 21.4. The molecule has 1 N–H and O–H groups in total. The van der Waals surface area contributed by atoms with Gasteiger partial charge in [-0.05, 0) is 0 Å². The Morgan fingerprint density at radius 2 is 2.27 bits per heavy atom. The number of urea groups is 1. The van der Waals surface area contributed by atoms with Crippen molar-refractivity contribution in [2.75, 3.05) is 20.6 Å². The van der Waals surface area contributed by atoms with Gasteiger partial charge in [-0.3, -0.25) is 5.32 Å². The molecule has 2 amide bonds. The van der Waals surface area contributed by atoms with Crippen LogP contribution in [0.25, 0.3) is 0 Å². The zero-order chi connectivity index (χ0) is 8.65. The number of aliphatic carboxylic acids is 1. The van der Waals surface area contributed by atoms with Crippen molar-refractivity contribution in [2.24, 2.45) is 0 Å². The molecule has 1 fully saturated rings. The second-order valence-electron chi connectivity index (χ2n) is 3.06. The summed E-state index contributed by atoms with van der Waals surface area (Å²) in [6.45, 7) is 0.161. The highest BCUT2D eigenvalue weighted by molar-refractivity contribution is 5.79. The molecule has 0 bridgehead atoms. The number of nitrogens with one attached hydrogen (secondary N) is 1. The molecule has 1 saturated heterocycles. The molecule has 5 heteroatoms. The summed E-state index contributed by atoms with van der Waals surface area (Å²) in [7, 11) is 3.09. The fraction of sp³-hybridized carbons (Fsp3) is 0.667. The average molecular weight is 158 g/mol. The number of carboxylic acid groups (broad SMARTS) is 1. The normalized spacial score (nSPS) is 28.2. The van der Waals surface area contributed by atoms with Gasteiger partial charge in [0.1, 0.15) is 5.97 Å². The van der Waals surface area contributed by atoms with Crippen LogP contribution < -0.4 is 10.4 Å². The van der Waals surface area contributed by atoms with E-state index in [1.54, 1.807) is 14.1 Å². The van der Waals surface area contributed by atoms with Crippen LogP contribution in [0.5, 0.6) is 0 Å². The zero-order valence-corrected chi connectivity index (χ0v) is 6.46. The highest BCUT2D eigenvalue weighted by Gasteiger charge is 2.43. The van der Waals surface area contributed by atoms with Gasteiger partial charge in [0.2, 0.25) is 0 Å². The van der Waals surface area contributed by atoms with E-state index >= 15 is 0 Å². The number of quaternary nitrogens is 1. The molecule has 1 aliphatic rings. The first kappa shape index (κ1) is 8.00. The third kappa shape index (κ3) is 1.07. The van der Waals surface area contributed by atoms with Crippen molar-refractivity contribution in [3.63, 3.8) is 0 Å². The van der Waals surface area contributed by atoms with Gasteiger partial charge in [0.25, 0.3) is 0 Å². The van der Waals surface area contributed by atoms with Crippen LogP contribution >= 0.6 is 0 Å². The van der Waals surface area contributed by atoms with E-state index < -0.39 is 12.0 Å². The van der Waals surface area contributed by atoms with Gasteiger partial charge in [-0.15, -0.1) is 0 Å². The lowest BCUT2D eigenvalue weighted by molar-refractivity contribution is -0.818. The zero-order valence-electron chi connectivity index (χ0n) is 6.46. The Morgan fingerprint density at radius 3 is 2.45 bits per heavy atom. The van der Waals surface area contributed by atoms with Gasteiger partial charge in [0.05, 0.1) is 20.6 Å². The first-order valence-electron chi connectivity index (χ1n) is 3.29. The largest absolute Gasteiger partial charge is 0.544 e. The predicted molar refractivity (Wildman–Crippen MR) is 34.3 cm³/mol. The Labute approximate surface area is 64.2 Å². The second kappa shape index (κ2) is 2.20. The maximum absolute atomic E-state index is 11.0. The van der Waals surface area contributed by atoms with Crippen LogP contribution in [0.15, 0.2) is 0 Å². The van der Waals surface area contributed by atoms with E-state index in [4.69, 9.17) is 0 Å². The lowest BCUT2D eigenvalue weighted by atomic mass is 10.3. The number of nitrogens with zero attached hydrogens (tertiary/aromatic N) is 1. The van der Waals surface area contributed by atoms with E-state index in [2.05, 4.69) is 5.32 Å². The van der Waals surface area contributed by atoms with Crippen LogP contribution in [0.4, 0.5) is 4.79 Å². The first-order valence-corrected chi connectivity index (χ1v) is 3.29. The molecule has 0 saturated carbocycles. The molecule has 0 aromatic carbocycles. The quantitative estimate of drug-likeness (QED) is 0.445. The molecule has 1 unspecified atom stereocenters. The fourth-order valence-corrected chi connectivity index (χ4v) is 1.10. The maximum atomic E-state index is 11.0. The summed E-state index contributed by atoms with van der Waals surface area (Å²) in [6.07, 6.45) is 0. The summed E-state index contributed by atoms with van der Waals surface area (Å²) in [5.41, 5.74) is 0. The van der Waals surface area contributed by atoms with Crippen molar-refractivity contribution in [1.82, 2.24) is 5.32 Å². The van der Waals surface area contributed by atoms with E-state index in [9.17, 15) is 14.7 Å². The van der Waals surface area contributed by atoms with Crippen molar-refractivity contribution in [2.45, 2.75) is 6.04 Å². The van der Waals surface area contributed by atoms with Crippen LogP contribution in [-0.4, -0.2) is 43.2 Å². The Balaban J connectivity index is 2.87. The lowest BCUT2D eigenvalue weighted by Gasteiger charge is -2.26. The molecule has 1 rings (SSSR count). The average Bonchev–Trinajstić information content (AvgIpc) is 2.08. The molecule has 5 nitrogen and oxygen atoms in total. The first-order chi connectivity index (χ1) is 4.96. The molecule has 0 spiro atoms. The van der Waals surface area contributed by atoms with E-state index in [-0.39, 0.29) is 17.1 Å². The van der Waals surface area contributed by atoms with Gasteiger partial charge in [0.15, 0.2) is 6.04 Å². The molecule has 1 atom stereocenters. The van der Waals surface area contributed by atoms with Crippen LogP contribution in [0, 0.1) is 0 Å². The van der Waals surface area contributed by atoms with Crippen LogP contribution in [-0.2, 0) is 4.79 Å². The molecule has 62 valence electrons. The molecule has 0 aromatic rings. The molecule has 11 heavy (non-hydrogen) atoms. The Morgan fingerprint density at radius 1 is 1.73 bits per heavy atom. The minimum atomic E-state index is -1.19. The van der Waals surface area contributed by atoms with Gasteiger partial charge in [-0.1, -0.05) is 0 Å². The number of hydrogen-bond acceptors (Lipinski definition) is 3. The standard InChI is InChI=1S/C6H10N2O3/c1-8(2)4(5(9)10)3-7-6(8)11/h4H,3H2,1-2H3,(H-,7,9,10,11). The monoisotopic (exact) mass is 158 g/mol. The number of rotatable bonds is 1. The highest BCUT2D eigenvalue weighted by Crippen LogP contribution is 2.11. The molecule has 1 heterocycles. The fourth-order valence-electron chi connectivity index (χ4n) is 1.10. The summed E-state index contributed by atoms with van der Waals surface area (Å²) in [5.74, 6) is -1.19. The van der Waals surface area contributed by atoms with Gasteiger partial charge in [-0.2, -0.15) is 0 Å². The minimum Gasteiger partial charge on any atom is -0.544 e. The van der Waals surface area contributed by atoms with Gasteiger partial charge in [0, 0.05) is 0 Å². The Kier molecular flexibility index (Phi) is 1.60. The molecular formula is C6H10N2O3. The lowest BCUT2D eigenvalue weighted by Crippen LogP contribution is -2.56. The van der Waals surface area contributed by atoms with E-state index in [0.717, 1.165) is 0 Å². The maximum Gasteiger partial charge on any atom is 0.416 e. The molecule has 0 aliphatic carbocycles. The number of carbonyl (C=O) groups is 2. The molecule has 0 radical (unpaired) electrons. The number of carbonyl (C=O) groups excluding carboxylic acids is 2. The number of likely N-dealkylation sites (N-methyl/N-ethyl adjacent to an activating group) is 1. The van der Waals surface area contributed by atoms with E-state index in [1.807, 2.05) is 0 Å². The van der Waals surface area contributed by atoms with Gasteiger partial charge >= 0.3 is 6.03 Å². The van der Waals surface area contributed by atoms with E-state index in [1.165, 1.54) is 0 Å². The summed E-state index contributed by atoms with van der Waals surface area (Å²) >= 11 is 0. The topological polar surface area (TPSA) is 69.2 Å². The number of amides is 2. The Hall–Kier alpha value is -1.10. The second-order valence-corrected chi connectivity index (χ2v) is 3.06. The van der Waals surface area contributed by atoms with Crippen LogP contribution in [0.2, 0.25) is 0 Å². The highest BCUT2D eigenvalue weighted by atomic mass is 16.4. The van der Waals surface area contributed by atoms with Crippen molar-refractivity contribution in [3.05, 3.63) is 0 Å². The predicted octanol–water partition coefficient (Wildman–Crippen LogP) is -2.10. The molecule has 1 aliphatic heterocycles. The van der Waals surface area contributed by atoms with E-state index in [0.29, 0.717) is 0 Å². The Bertz CT molecular complexity index is 212. The third-order valence-corrected chi connectivity index (χ3v) is 2.02. The van der Waals surface area contributed by atoms with Crippen LogP contribution in [0.3, 0.4) is 0 Å². The summed E-state index contributed by atoms with van der Waals surface area (Å²) in [6, 6.07) is -1.04. The molecular weight excluding hydrogens is 148 g/mol.